The second-order valence-corrected chi connectivity index (χ2v) is 5.23. The Morgan fingerprint density at radius 3 is 2.90 bits per heavy atom. The molecule has 0 aliphatic carbocycles. The number of amides is 1. The zero-order valence-electron chi connectivity index (χ0n) is 11.5. The molecule has 1 amide bonds. The van der Waals surface area contributed by atoms with Gasteiger partial charge in [0.1, 0.15) is 10.7 Å². The van der Waals surface area contributed by atoms with Gasteiger partial charge in [-0.3, -0.25) is 15.1 Å². The number of rotatable bonds is 6. The van der Waals surface area contributed by atoms with E-state index < -0.39 is 0 Å². The summed E-state index contributed by atoms with van der Waals surface area (Å²) < 4.78 is 0. The molecule has 0 radical (unpaired) electrons. The zero-order chi connectivity index (χ0) is 14.4. The monoisotopic (exact) mass is 291 g/mol. The first-order chi connectivity index (χ1) is 9.72. The fourth-order valence-electron chi connectivity index (χ4n) is 1.54. The van der Waals surface area contributed by atoms with E-state index in [4.69, 9.17) is 0 Å². The predicted molar refractivity (Wildman–Crippen MR) is 80.3 cm³/mol. The molecule has 0 unspecified atom stereocenters. The minimum absolute atomic E-state index is 0.274. The van der Waals surface area contributed by atoms with Gasteiger partial charge < -0.3 is 5.32 Å². The Morgan fingerprint density at radius 2 is 2.20 bits per heavy atom. The Morgan fingerprint density at radius 1 is 1.35 bits per heavy atom. The molecule has 6 nitrogen and oxygen atoms in total. The molecule has 0 aliphatic heterocycles. The third kappa shape index (κ3) is 3.74. The molecule has 0 saturated carbocycles. The SMILES string of the molecule is CCCNc1ccnc(C(=O)Nc2nnc(CC)s2)c1. The summed E-state index contributed by atoms with van der Waals surface area (Å²) in [5.74, 6) is -0.274. The van der Waals surface area contributed by atoms with Gasteiger partial charge in [-0.05, 0) is 25.0 Å². The molecule has 0 atom stereocenters. The Balaban J connectivity index is 2.04. The van der Waals surface area contributed by atoms with Crippen LogP contribution in [-0.4, -0.2) is 27.6 Å². The van der Waals surface area contributed by atoms with Gasteiger partial charge in [0, 0.05) is 18.4 Å². The second kappa shape index (κ2) is 6.95. The second-order valence-electron chi connectivity index (χ2n) is 4.17. The highest BCUT2D eigenvalue weighted by Gasteiger charge is 2.11. The van der Waals surface area contributed by atoms with Crippen LogP contribution in [0.2, 0.25) is 0 Å². The molecule has 7 heteroatoms. The molecular formula is C13H17N5OS. The van der Waals surface area contributed by atoms with E-state index in [9.17, 15) is 4.79 Å². The van der Waals surface area contributed by atoms with Crippen LogP contribution in [0, 0.1) is 0 Å². The van der Waals surface area contributed by atoms with Crippen molar-refractivity contribution in [2.45, 2.75) is 26.7 Å². The highest BCUT2D eigenvalue weighted by Crippen LogP contribution is 2.16. The number of carbonyl (C=O) groups is 1. The van der Waals surface area contributed by atoms with E-state index in [2.05, 4.69) is 32.7 Å². The van der Waals surface area contributed by atoms with Crippen LogP contribution >= 0.6 is 11.3 Å². The molecular weight excluding hydrogens is 274 g/mol. The zero-order valence-corrected chi connectivity index (χ0v) is 12.3. The molecule has 2 aromatic heterocycles. The maximum atomic E-state index is 12.1. The van der Waals surface area contributed by atoms with Crippen molar-refractivity contribution in [1.29, 1.82) is 0 Å². The van der Waals surface area contributed by atoms with Crippen molar-refractivity contribution in [2.75, 3.05) is 17.2 Å². The van der Waals surface area contributed by atoms with Crippen molar-refractivity contribution >= 4 is 28.1 Å². The Labute approximate surface area is 121 Å². The highest BCUT2D eigenvalue weighted by atomic mass is 32.1. The number of anilines is 2. The third-order valence-corrected chi connectivity index (χ3v) is 3.54. The first-order valence-corrected chi connectivity index (χ1v) is 7.38. The molecule has 0 aromatic carbocycles. The van der Waals surface area contributed by atoms with Gasteiger partial charge in [0.05, 0.1) is 0 Å². The largest absolute Gasteiger partial charge is 0.385 e. The number of pyridine rings is 1. The Hall–Kier alpha value is -2.02. The summed E-state index contributed by atoms with van der Waals surface area (Å²) in [6, 6.07) is 3.57. The standard InChI is InChI=1S/C13H17N5OS/c1-3-6-14-9-5-7-15-10(8-9)12(19)16-13-18-17-11(4-2)20-13/h5,7-8H,3-4,6H2,1-2H3,(H,14,15)(H,16,18,19). The summed E-state index contributed by atoms with van der Waals surface area (Å²) in [6.07, 6.45) is 3.45. The molecule has 0 fully saturated rings. The van der Waals surface area contributed by atoms with Gasteiger partial charge in [0.2, 0.25) is 5.13 Å². The fraction of sp³-hybridized carbons (Fsp3) is 0.385. The lowest BCUT2D eigenvalue weighted by Crippen LogP contribution is -2.14. The van der Waals surface area contributed by atoms with Crippen LogP contribution in [0.1, 0.15) is 35.8 Å². The molecule has 2 rings (SSSR count). The van der Waals surface area contributed by atoms with E-state index in [0.717, 1.165) is 30.1 Å². The maximum absolute atomic E-state index is 12.1. The molecule has 0 bridgehead atoms. The van der Waals surface area contributed by atoms with Gasteiger partial charge in [-0.25, -0.2) is 0 Å². The van der Waals surface area contributed by atoms with Gasteiger partial charge in [0.25, 0.3) is 5.91 Å². The molecule has 2 heterocycles. The number of aromatic nitrogens is 3. The van der Waals surface area contributed by atoms with E-state index in [1.54, 1.807) is 12.3 Å². The summed E-state index contributed by atoms with van der Waals surface area (Å²) in [7, 11) is 0. The lowest BCUT2D eigenvalue weighted by molar-refractivity contribution is 0.102. The molecule has 0 spiro atoms. The minimum Gasteiger partial charge on any atom is -0.385 e. The van der Waals surface area contributed by atoms with Gasteiger partial charge in [0.15, 0.2) is 0 Å². The maximum Gasteiger partial charge on any atom is 0.276 e. The normalized spacial score (nSPS) is 10.3. The van der Waals surface area contributed by atoms with E-state index in [-0.39, 0.29) is 5.91 Å². The quantitative estimate of drug-likeness (QED) is 0.855. The Kier molecular flexibility index (Phi) is 5.00. The summed E-state index contributed by atoms with van der Waals surface area (Å²) in [4.78, 5) is 16.2. The molecule has 2 aromatic rings. The van der Waals surface area contributed by atoms with Crippen molar-refractivity contribution in [3.63, 3.8) is 0 Å². The highest BCUT2D eigenvalue weighted by molar-refractivity contribution is 7.15. The van der Waals surface area contributed by atoms with Gasteiger partial charge in [-0.2, -0.15) is 0 Å². The van der Waals surface area contributed by atoms with Gasteiger partial charge in [-0.15, -0.1) is 10.2 Å². The Bertz CT molecular complexity index is 584. The smallest absolute Gasteiger partial charge is 0.276 e. The van der Waals surface area contributed by atoms with Crippen LogP contribution in [-0.2, 0) is 6.42 Å². The van der Waals surface area contributed by atoms with Crippen molar-refractivity contribution in [3.05, 3.63) is 29.0 Å². The van der Waals surface area contributed by atoms with Crippen molar-refractivity contribution in [1.82, 2.24) is 15.2 Å². The van der Waals surface area contributed by atoms with Crippen LogP contribution in [0.3, 0.4) is 0 Å². The molecule has 2 N–H and O–H groups in total. The predicted octanol–water partition coefficient (Wildman–Crippen LogP) is 2.57. The molecule has 106 valence electrons. The number of aryl methyl sites for hydroxylation is 1. The number of nitrogens with one attached hydrogen (secondary N) is 2. The molecule has 0 aliphatic rings. The lowest BCUT2D eigenvalue weighted by atomic mass is 10.3. The lowest BCUT2D eigenvalue weighted by Gasteiger charge is -2.06. The van der Waals surface area contributed by atoms with Gasteiger partial charge in [-0.1, -0.05) is 25.2 Å². The summed E-state index contributed by atoms with van der Waals surface area (Å²) in [6.45, 7) is 4.94. The number of hydrogen-bond donors (Lipinski definition) is 2. The van der Waals surface area contributed by atoms with E-state index in [0.29, 0.717) is 10.8 Å². The van der Waals surface area contributed by atoms with Gasteiger partial charge >= 0.3 is 0 Å². The number of hydrogen-bond acceptors (Lipinski definition) is 6. The van der Waals surface area contributed by atoms with E-state index in [1.807, 2.05) is 13.0 Å². The average Bonchev–Trinajstić information content (AvgIpc) is 2.93. The molecule has 20 heavy (non-hydrogen) atoms. The topological polar surface area (TPSA) is 79.8 Å². The third-order valence-electron chi connectivity index (χ3n) is 2.56. The van der Waals surface area contributed by atoms with Crippen molar-refractivity contribution < 1.29 is 4.79 Å². The first kappa shape index (κ1) is 14.4. The fourth-order valence-corrected chi connectivity index (χ4v) is 2.22. The first-order valence-electron chi connectivity index (χ1n) is 6.56. The van der Waals surface area contributed by atoms with Crippen molar-refractivity contribution in [3.8, 4) is 0 Å². The van der Waals surface area contributed by atoms with E-state index in [1.165, 1.54) is 11.3 Å². The molecule has 0 saturated heterocycles. The summed E-state index contributed by atoms with van der Waals surface area (Å²) >= 11 is 1.38. The van der Waals surface area contributed by atoms with E-state index >= 15 is 0 Å². The van der Waals surface area contributed by atoms with Crippen LogP contribution in [0.25, 0.3) is 0 Å². The van der Waals surface area contributed by atoms with Crippen LogP contribution in [0.5, 0.6) is 0 Å². The summed E-state index contributed by atoms with van der Waals surface area (Å²) in [5, 5.41) is 15.2. The number of nitrogens with zero attached hydrogens (tertiary/aromatic N) is 3. The van der Waals surface area contributed by atoms with Crippen LogP contribution in [0.4, 0.5) is 10.8 Å². The van der Waals surface area contributed by atoms with Crippen LogP contribution < -0.4 is 10.6 Å². The summed E-state index contributed by atoms with van der Waals surface area (Å²) in [5.41, 5.74) is 1.25. The van der Waals surface area contributed by atoms with Crippen LogP contribution in [0.15, 0.2) is 18.3 Å². The number of carbonyl (C=O) groups excluding carboxylic acids is 1. The average molecular weight is 291 g/mol. The van der Waals surface area contributed by atoms with Crippen molar-refractivity contribution in [2.24, 2.45) is 0 Å². The minimum atomic E-state index is -0.274.